The Morgan fingerprint density at radius 3 is 2.92 bits per heavy atom. The minimum atomic E-state index is 0.885. The first-order valence-electron chi connectivity index (χ1n) is 4.28. The highest BCUT2D eigenvalue weighted by Gasteiger charge is 2.12. The standard InChI is InChI=1S/C11H11Cl/c1-2-8-6-9-4-3-5-11(12)10(9)7-8/h3-5,7H,2,6H2,1H3. The molecule has 1 aliphatic rings. The van der Waals surface area contributed by atoms with E-state index in [2.05, 4.69) is 19.1 Å². The molecule has 0 unspecified atom stereocenters. The Morgan fingerprint density at radius 1 is 1.42 bits per heavy atom. The predicted molar refractivity (Wildman–Crippen MR) is 53.4 cm³/mol. The summed E-state index contributed by atoms with van der Waals surface area (Å²) in [4.78, 5) is 0. The van der Waals surface area contributed by atoms with Gasteiger partial charge in [0.15, 0.2) is 0 Å². The fourth-order valence-electron chi connectivity index (χ4n) is 1.62. The van der Waals surface area contributed by atoms with E-state index in [4.69, 9.17) is 11.6 Å². The largest absolute Gasteiger partial charge is 0.0837 e. The fourth-order valence-corrected chi connectivity index (χ4v) is 1.87. The van der Waals surface area contributed by atoms with Crippen molar-refractivity contribution in [3.63, 3.8) is 0 Å². The van der Waals surface area contributed by atoms with Gasteiger partial charge in [-0.05, 0) is 30.0 Å². The molecule has 0 fully saturated rings. The molecule has 2 rings (SSSR count). The van der Waals surface area contributed by atoms with Crippen LogP contribution in [0.25, 0.3) is 6.08 Å². The molecule has 0 amide bonds. The molecule has 0 spiro atoms. The Labute approximate surface area is 77.9 Å². The number of allylic oxidation sites excluding steroid dienone is 1. The Bertz CT molecular complexity index is 337. The summed E-state index contributed by atoms with van der Waals surface area (Å²) in [6.45, 7) is 2.19. The lowest BCUT2D eigenvalue weighted by molar-refractivity contribution is 1.04. The van der Waals surface area contributed by atoms with Crippen LogP contribution in [0.15, 0.2) is 23.8 Å². The second kappa shape index (κ2) is 2.95. The SMILES string of the molecule is CCC1=Cc2c(Cl)cccc2C1. The van der Waals surface area contributed by atoms with Crippen molar-refractivity contribution in [2.45, 2.75) is 19.8 Å². The van der Waals surface area contributed by atoms with Gasteiger partial charge in [-0.3, -0.25) is 0 Å². The normalized spacial score (nSPS) is 14.3. The summed E-state index contributed by atoms with van der Waals surface area (Å²) in [5.74, 6) is 0. The molecule has 0 N–H and O–H groups in total. The first-order chi connectivity index (χ1) is 5.81. The maximum Gasteiger partial charge on any atom is 0.0481 e. The van der Waals surface area contributed by atoms with Crippen LogP contribution in [-0.2, 0) is 6.42 Å². The van der Waals surface area contributed by atoms with Crippen molar-refractivity contribution < 1.29 is 0 Å². The molecule has 0 nitrogen and oxygen atoms in total. The third-order valence-corrected chi connectivity index (χ3v) is 2.69. The number of rotatable bonds is 1. The summed E-state index contributed by atoms with van der Waals surface area (Å²) < 4.78 is 0. The van der Waals surface area contributed by atoms with Crippen molar-refractivity contribution in [3.8, 4) is 0 Å². The molecular weight excluding hydrogens is 168 g/mol. The van der Waals surface area contributed by atoms with Crippen LogP contribution in [0.1, 0.15) is 24.5 Å². The first kappa shape index (κ1) is 7.88. The summed E-state index contributed by atoms with van der Waals surface area (Å²) in [6, 6.07) is 6.13. The van der Waals surface area contributed by atoms with Crippen LogP contribution in [0.5, 0.6) is 0 Å². The zero-order valence-electron chi connectivity index (χ0n) is 7.10. The quantitative estimate of drug-likeness (QED) is 0.616. The van der Waals surface area contributed by atoms with Crippen molar-refractivity contribution in [1.29, 1.82) is 0 Å². The summed E-state index contributed by atoms with van der Waals surface area (Å²) >= 11 is 6.05. The highest BCUT2D eigenvalue weighted by Crippen LogP contribution is 2.31. The van der Waals surface area contributed by atoms with E-state index in [1.54, 1.807) is 0 Å². The van der Waals surface area contributed by atoms with Gasteiger partial charge in [-0.1, -0.05) is 42.3 Å². The molecule has 1 aromatic carbocycles. The number of fused-ring (bicyclic) bond motifs is 1. The summed E-state index contributed by atoms with van der Waals surface area (Å²) in [5.41, 5.74) is 4.09. The van der Waals surface area contributed by atoms with Gasteiger partial charge in [-0.25, -0.2) is 0 Å². The molecule has 1 aliphatic carbocycles. The minimum Gasteiger partial charge on any atom is -0.0837 e. The Morgan fingerprint density at radius 2 is 2.25 bits per heavy atom. The van der Waals surface area contributed by atoms with E-state index in [0.717, 1.165) is 17.9 Å². The lowest BCUT2D eigenvalue weighted by Crippen LogP contribution is -1.83. The molecule has 0 aliphatic heterocycles. The Kier molecular flexibility index (Phi) is 1.93. The molecule has 0 aromatic heterocycles. The summed E-state index contributed by atoms with van der Waals surface area (Å²) in [7, 11) is 0. The summed E-state index contributed by atoms with van der Waals surface area (Å²) in [6.07, 6.45) is 4.44. The fraction of sp³-hybridized carbons (Fsp3) is 0.273. The van der Waals surface area contributed by atoms with Gasteiger partial charge >= 0.3 is 0 Å². The van der Waals surface area contributed by atoms with Crippen LogP contribution < -0.4 is 0 Å². The van der Waals surface area contributed by atoms with Gasteiger partial charge < -0.3 is 0 Å². The number of benzene rings is 1. The Hall–Kier alpha value is -0.750. The lowest BCUT2D eigenvalue weighted by Gasteiger charge is -1.98. The van der Waals surface area contributed by atoms with Gasteiger partial charge in [-0.2, -0.15) is 0 Å². The zero-order chi connectivity index (χ0) is 8.55. The monoisotopic (exact) mass is 178 g/mol. The smallest absolute Gasteiger partial charge is 0.0481 e. The average Bonchev–Trinajstić information content (AvgIpc) is 2.49. The van der Waals surface area contributed by atoms with Crippen LogP contribution >= 0.6 is 11.6 Å². The molecule has 0 radical (unpaired) electrons. The highest BCUT2D eigenvalue weighted by atomic mass is 35.5. The van der Waals surface area contributed by atoms with Crippen molar-refractivity contribution in [2.24, 2.45) is 0 Å². The van der Waals surface area contributed by atoms with E-state index in [1.165, 1.54) is 16.7 Å². The van der Waals surface area contributed by atoms with Crippen molar-refractivity contribution >= 4 is 17.7 Å². The maximum absolute atomic E-state index is 6.05. The molecule has 1 heteroatoms. The van der Waals surface area contributed by atoms with Crippen LogP contribution in [0.2, 0.25) is 5.02 Å². The van der Waals surface area contributed by atoms with Crippen molar-refractivity contribution in [3.05, 3.63) is 39.9 Å². The molecule has 1 aromatic rings. The van der Waals surface area contributed by atoms with E-state index >= 15 is 0 Å². The second-order valence-corrected chi connectivity index (χ2v) is 3.55. The molecular formula is C11H11Cl. The molecule has 62 valence electrons. The number of hydrogen-bond acceptors (Lipinski definition) is 0. The molecule has 0 heterocycles. The Balaban J connectivity index is 2.48. The van der Waals surface area contributed by atoms with Gasteiger partial charge in [0, 0.05) is 5.02 Å². The zero-order valence-corrected chi connectivity index (χ0v) is 7.86. The van der Waals surface area contributed by atoms with E-state index < -0.39 is 0 Å². The van der Waals surface area contributed by atoms with Crippen LogP contribution in [-0.4, -0.2) is 0 Å². The van der Waals surface area contributed by atoms with Crippen LogP contribution in [0.4, 0.5) is 0 Å². The number of hydrogen-bond donors (Lipinski definition) is 0. The highest BCUT2D eigenvalue weighted by molar-refractivity contribution is 6.32. The molecule has 0 atom stereocenters. The van der Waals surface area contributed by atoms with Crippen LogP contribution in [0, 0.1) is 0 Å². The first-order valence-corrected chi connectivity index (χ1v) is 4.66. The van der Waals surface area contributed by atoms with Crippen molar-refractivity contribution in [1.82, 2.24) is 0 Å². The van der Waals surface area contributed by atoms with Crippen molar-refractivity contribution in [2.75, 3.05) is 0 Å². The predicted octanol–water partition coefficient (Wildman–Crippen LogP) is 3.69. The average molecular weight is 179 g/mol. The third-order valence-electron chi connectivity index (χ3n) is 2.36. The topological polar surface area (TPSA) is 0 Å². The van der Waals surface area contributed by atoms with Gasteiger partial charge in [0.05, 0.1) is 0 Å². The van der Waals surface area contributed by atoms with Gasteiger partial charge in [0.2, 0.25) is 0 Å². The van der Waals surface area contributed by atoms with Gasteiger partial charge in [0.25, 0.3) is 0 Å². The van der Waals surface area contributed by atoms with E-state index in [-0.39, 0.29) is 0 Å². The van der Waals surface area contributed by atoms with Gasteiger partial charge in [0.1, 0.15) is 0 Å². The number of halogens is 1. The lowest BCUT2D eigenvalue weighted by atomic mass is 10.1. The van der Waals surface area contributed by atoms with Gasteiger partial charge in [-0.15, -0.1) is 0 Å². The van der Waals surface area contributed by atoms with E-state index in [9.17, 15) is 0 Å². The molecule has 0 saturated carbocycles. The van der Waals surface area contributed by atoms with E-state index in [0.29, 0.717) is 0 Å². The molecule has 0 bridgehead atoms. The summed E-state index contributed by atoms with van der Waals surface area (Å²) in [5, 5.41) is 0.885. The van der Waals surface area contributed by atoms with E-state index in [1.807, 2.05) is 12.1 Å². The minimum absolute atomic E-state index is 0.885. The molecule has 0 saturated heterocycles. The molecule has 12 heavy (non-hydrogen) atoms. The van der Waals surface area contributed by atoms with Crippen LogP contribution in [0.3, 0.4) is 0 Å². The second-order valence-electron chi connectivity index (χ2n) is 3.15. The maximum atomic E-state index is 6.05. The third kappa shape index (κ3) is 1.16.